The third-order valence-electron chi connectivity index (χ3n) is 4.24. The summed E-state index contributed by atoms with van der Waals surface area (Å²) in [7, 11) is 4.60. The summed E-state index contributed by atoms with van der Waals surface area (Å²) in [4.78, 5) is 29.1. The number of anilines is 1. The molecule has 1 aromatic heterocycles. The molecule has 0 spiro atoms. The molecule has 0 saturated carbocycles. The van der Waals surface area contributed by atoms with Crippen LogP contribution in [0.4, 0.5) is 5.69 Å². The largest absolute Gasteiger partial charge is 0.496 e. The molecule has 0 unspecified atom stereocenters. The summed E-state index contributed by atoms with van der Waals surface area (Å²) in [5.41, 5.74) is 1.36. The highest BCUT2D eigenvalue weighted by Gasteiger charge is 2.11. The number of carbonyl (C=O) groups is 1. The van der Waals surface area contributed by atoms with Crippen LogP contribution in [0.3, 0.4) is 0 Å². The zero-order chi connectivity index (χ0) is 20.8. The van der Waals surface area contributed by atoms with Gasteiger partial charge in [0.1, 0.15) is 12.3 Å². The predicted molar refractivity (Wildman–Crippen MR) is 109 cm³/mol. The molecule has 3 rings (SSSR count). The molecular formula is C21H21N3O5. The molecule has 0 aliphatic carbocycles. The van der Waals surface area contributed by atoms with E-state index < -0.39 is 0 Å². The van der Waals surface area contributed by atoms with Crippen LogP contribution in [0.5, 0.6) is 17.2 Å². The molecule has 0 atom stereocenters. The van der Waals surface area contributed by atoms with Crippen LogP contribution in [-0.4, -0.2) is 36.8 Å². The van der Waals surface area contributed by atoms with Gasteiger partial charge in [0, 0.05) is 23.4 Å². The molecule has 1 amide bonds. The lowest BCUT2D eigenvalue weighted by atomic mass is 10.1. The number of amides is 1. The second-order valence-corrected chi connectivity index (χ2v) is 6.06. The van der Waals surface area contributed by atoms with Crippen LogP contribution in [0, 0.1) is 0 Å². The van der Waals surface area contributed by atoms with Gasteiger partial charge in [-0.2, -0.15) is 0 Å². The second kappa shape index (κ2) is 8.92. The molecule has 29 heavy (non-hydrogen) atoms. The maximum atomic E-state index is 12.5. The molecule has 0 saturated heterocycles. The van der Waals surface area contributed by atoms with E-state index in [-0.39, 0.29) is 18.0 Å². The molecule has 8 heteroatoms. The first kappa shape index (κ1) is 19.9. The van der Waals surface area contributed by atoms with Crippen molar-refractivity contribution in [1.29, 1.82) is 0 Å². The van der Waals surface area contributed by atoms with Gasteiger partial charge in [-0.3, -0.25) is 14.2 Å². The van der Waals surface area contributed by atoms with E-state index in [0.29, 0.717) is 34.2 Å². The van der Waals surface area contributed by atoms with Crippen LogP contribution in [0.1, 0.15) is 0 Å². The lowest BCUT2D eigenvalue weighted by Gasteiger charge is -2.11. The van der Waals surface area contributed by atoms with Crippen LogP contribution < -0.4 is 25.1 Å². The first-order chi connectivity index (χ1) is 14.0. The van der Waals surface area contributed by atoms with E-state index in [1.165, 1.54) is 31.2 Å². The van der Waals surface area contributed by atoms with Gasteiger partial charge >= 0.3 is 0 Å². The van der Waals surface area contributed by atoms with E-state index in [1.54, 1.807) is 31.4 Å². The number of hydrogen-bond donors (Lipinski definition) is 1. The van der Waals surface area contributed by atoms with Crippen molar-refractivity contribution in [3.63, 3.8) is 0 Å². The molecule has 1 N–H and O–H groups in total. The number of nitrogens with one attached hydrogen (secondary N) is 1. The summed E-state index contributed by atoms with van der Waals surface area (Å²) in [6.07, 6.45) is 1.35. The minimum absolute atomic E-state index is 0.174. The van der Waals surface area contributed by atoms with E-state index in [2.05, 4.69) is 10.3 Å². The normalized spacial score (nSPS) is 10.3. The van der Waals surface area contributed by atoms with Gasteiger partial charge in [0.05, 0.1) is 33.4 Å². The lowest BCUT2D eigenvalue weighted by molar-refractivity contribution is -0.116. The quantitative estimate of drug-likeness (QED) is 0.661. The van der Waals surface area contributed by atoms with E-state index in [1.807, 2.05) is 18.2 Å². The Morgan fingerprint density at radius 2 is 1.69 bits per heavy atom. The van der Waals surface area contributed by atoms with Crippen LogP contribution >= 0.6 is 0 Å². The van der Waals surface area contributed by atoms with Crippen molar-refractivity contribution in [3.8, 4) is 28.5 Å². The summed E-state index contributed by atoms with van der Waals surface area (Å²) >= 11 is 0. The SMILES string of the molecule is COc1ccc(NC(=O)Cn2cnc(-c3ccccc3OC)cc2=O)cc1OC. The Hall–Kier alpha value is -3.81. The lowest BCUT2D eigenvalue weighted by Crippen LogP contribution is -2.27. The smallest absolute Gasteiger partial charge is 0.254 e. The van der Waals surface area contributed by atoms with Crippen LogP contribution in [0.25, 0.3) is 11.3 Å². The molecular weight excluding hydrogens is 374 g/mol. The van der Waals surface area contributed by atoms with Gasteiger partial charge in [0.2, 0.25) is 5.91 Å². The number of hydrogen-bond acceptors (Lipinski definition) is 6. The first-order valence-electron chi connectivity index (χ1n) is 8.77. The maximum absolute atomic E-state index is 12.5. The van der Waals surface area contributed by atoms with Crippen LogP contribution in [0.15, 0.2) is 59.7 Å². The van der Waals surface area contributed by atoms with Crippen molar-refractivity contribution in [1.82, 2.24) is 9.55 Å². The summed E-state index contributed by atoms with van der Waals surface area (Å²) in [6, 6.07) is 13.7. The van der Waals surface area contributed by atoms with Gasteiger partial charge in [-0.15, -0.1) is 0 Å². The zero-order valence-corrected chi connectivity index (χ0v) is 16.3. The summed E-state index contributed by atoms with van der Waals surface area (Å²) in [6.45, 7) is -0.174. The minimum atomic E-state index is -0.369. The highest BCUT2D eigenvalue weighted by molar-refractivity contribution is 5.91. The Kier molecular flexibility index (Phi) is 6.13. The molecule has 0 aliphatic rings. The monoisotopic (exact) mass is 395 g/mol. The Labute approximate surface area is 167 Å². The second-order valence-electron chi connectivity index (χ2n) is 6.06. The van der Waals surface area contributed by atoms with Gasteiger partial charge in [0.15, 0.2) is 11.5 Å². The number of carbonyl (C=O) groups excluding carboxylic acids is 1. The molecule has 2 aromatic carbocycles. The van der Waals surface area contributed by atoms with E-state index in [0.717, 1.165) is 0 Å². The van der Waals surface area contributed by atoms with Gasteiger partial charge in [0.25, 0.3) is 5.56 Å². The fourth-order valence-corrected chi connectivity index (χ4v) is 2.82. The number of ether oxygens (including phenoxy) is 3. The molecule has 0 aliphatic heterocycles. The molecule has 3 aromatic rings. The zero-order valence-electron chi connectivity index (χ0n) is 16.3. The van der Waals surface area contributed by atoms with Crippen molar-refractivity contribution in [2.24, 2.45) is 0 Å². The number of aromatic nitrogens is 2. The van der Waals surface area contributed by atoms with Crippen molar-refractivity contribution >= 4 is 11.6 Å². The standard InChI is InChI=1S/C21H21N3O5/c1-27-17-7-5-4-6-15(17)16-11-21(26)24(13-22-16)12-20(25)23-14-8-9-18(28-2)19(10-14)29-3/h4-11,13H,12H2,1-3H3,(H,23,25). The number of para-hydroxylation sites is 1. The minimum Gasteiger partial charge on any atom is -0.496 e. The highest BCUT2D eigenvalue weighted by Crippen LogP contribution is 2.30. The molecule has 0 bridgehead atoms. The van der Waals surface area contributed by atoms with Crippen molar-refractivity contribution in [3.05, 3.63) is 65.2 Å². The Morgan fingerprint density at radius 1 is 0.966 bits per heavy atom. The Morgan fingerprint density at radius 3 is 2.38 bits per heavy atom. The topological polar surface area (TPSA) is 91.7 Å². The summed E-state index contributed by atoms with van der Waals surface area (Å²) in [5, 5.41) is 2.73. The number of nitrogens with zero attached hydrogens (tertiary/aromatic N) is 2. The number of rotatable bonds is 7. The van der Waals surface area contributed by atoms with Gasteiger partial charge < -0.3 is 19.5 Å². The summed E-state index contributed by atoms with van der Waals surface area (Å²) < 4.78 is 16.9. The predicted octanol–water partition coefficient (Wildman–Crippen LogP) is 2.57. The molecule has 1 heterocycles. The van der Waals surface area contributed by atoms with E-state index >= 15 is 0 Å². The molecule has 150 valence electrons. The maximum Gasteiger partial charge on any atom is 0.254 e. The fourth-order valence-electron chi connectivity index (χ4n) is 2.82. The third-order valence-corrected chi connectivity index (χ3v) is 4.24. The van der Waals surface area contributed by atoms with E-state index in [9.17, 15) is 9.59 Å². The van der Waals surface area contributed by atoms with Crippen molar-refractivity contribution in [2.45, 2.75) is 6.54 Å². The fraction of sp³-hybridized carbons (Fsp3) is 0.190. The molecule has 0 fully saturated rings. The van der Waals surface area contributed by atoms with Gasteiger partial charge in [-0.1, -0.05) is 12.1 Å². The number of methoxy groups -OCH3 is 3. The van der Waals surface area contributed by atoms with Crippen LogP contribution in [0.2, 0.25) is 0 Å². The van der Waals surface area contributed by atoms with Crippen LogP contribution in [-0.2, 0) is 11.3 Å². The third kappa shape index (κ3) is 4.55. The van der Waals surface area contributed by atoms with E-state index in [4.69, 9.17) is 14.2 Å². The van der Waals surface area contributed by atoms with Gasteiger partial charge in [-0.05, 0) is 24.3 Å². The van der Waals surface area contributed by atoms with Gasteiger partial charge in [-0.25, -0.2) is 4.98 Å². The Bertz CT molecular complexity index is 1080. The Balaban J connectivity index is 1.75. The average Bonchev–Trinajstić information content (AvgIpc) is 2.75. The summed E-state index contributed by atoms with van der Waals surface area (Å²) in [5.74, 6) is 1.29. The van der Waals surface area contributed by atoms with Crippen molar-refractivity contribution in [2.75, 3.05) is 26.6 Å². The molecule has 8 nitrogen and oxygen atoms in total. The first-order valence-corrected chi connectivity index (χ1v) is 8.77. The highest BCUT2D eigenvalue weighted by atomic mass is 16.5. The van der Waals surface area contributed by atoms with Crippen molar-refractivity contribution < 1.29 is 19.0 Å². The number of benzene rings is 2. The average molecular weight is 395 g/mol. The molecule has 0 radical (unpaired) electrons.